The van der Waals surface area contributed by atoms with Gasteiger partial charge in [-0.3, -0.25) is 0 Å². The first-order valence-corrected chi connectivity index (χ1v) is 7.28. The monoisotopic (exact) mass is 294 g/mol. The van der Waals surface area contributed by atoms with E-state index >= 15 is 0 Å². The van der Waals surface area contributed by atoms with Crippen LogP contribution in [0.2, 0.25) is 0 Å². The molecule has 0 amide bonds. The Kier molecular flexibility index (Phi) is 5.01. The van der Waals surface area contributed by atoms with E-state index in [0.717, 1.165) is 24.2 Å². The van der Waals surface area contributed by atoms with Crippen LogP contribution in [0.25, 0.3) is 11.5 Å². The lowest BCUT2D eigenvalue weighted by Crippen LogP contribution is -2.05. The van der Waals surface area contributed by atoms with Gasteiger partial charge in [0.2, 0.25) is 0 Å². The van der Waals surface area contributed by atoms with Crippen LogP contribution < -0.4 is 4.74 Å². The Morgan fingerprint density at radius 3 is 2.85 bits per heavy atom. The first-order valence-electron chi connectivity index (χ1n) is 6.85. The van der Waals surface area contributed by atoms with Crippen molar-refractivity contribution < 1.29 is 9.26 Å². The summed E-state index contributed by atoms with van der Waals surface area (Å²) in [5.74, 6) is 1.79. The van der Waals surface area contributed by atoms with Crippen molar-refractivity contribution in [2.24, 2.45) is 0 Å². The lowest BCUT2D eigenvalue weighted by molar-refractivity contribution is 0.242. The number of ether oxygens (including phenoxy) is 1. The molecule has 5 heteroatoms. The summed E-state index contributed by atoms with van der Waals surface area (Å²) in [4.78, 5) is 4.35. The van der Waals surface area contributed by atoms with Crippen LogP contribution in [0.4, 0.5) is 0 Å². The largest absolute Gasteiger partial charge is 0.491 e. The highest BCUT2D eigenvalue weighted by molar-refractivity contribution is 6.20. The number of aromatic nitrogens is 2. The number of nitrogens with zero attached hydrogens (tertiary/aromatic N) is 2. The summed E-state index contributed by atoms with van der Waals surface area (Å²) in [7, 11) is 0. The molecule has 0 fully saturated rings. The molecule has 20 heavy (non-hydrogen) atoms. The summed E-state index contributed by atoms with van der Waals surface area (Å²) >= 11 is 6.20. The highest BCUT2D eigenvalue weighted by atomic mass is 35.5. The Balaban J connectivity index is 2.19. The quantitative estimate of drug-likeness (QED) is 0.730. The number of benzene rings is 1. The number of alkyl halides is 1. The van der Waals surface area contributed by atoms with Crippen molar-refractivity contribution in [3.63, 3.8) is 0 Å². The van der Waals surface area contributed by atoms with Crippen LogP contribution in [0.3, 0.4) is 0 Å². The van der Waals surface area contributed by atoms with Crippen LogP contribution in [0.15, 0.2) is 28.8 Å². The molecule has 2 aromatic rings. The minimum atomic E-state index is -0.201. The topological polar surface area (TPSA) is 48.2 Å². The second-order valence-electron chi connectivity index (χ2n) is 4.91. The molecule has 0 aliphatic heterocycles. The van der Waals surface area contributed by atoms with Gasteiger partial charge in [0.15, 0.2) is 5.82 Å². The number of hydrogen-bond donors (Lipinski definition) is 0. The molecule has 4 nitrogen and oxygen atoms in total. The zero-order valence-electron chi connectivity index (χ0n) is 12.0. The molecule has 1 atom stereocenters. The van der Waals surface area contributed by atoms with Gasteiger partial charge in [-0.1, -0.05) is 24.6 Å². The molecule has 1 heterocycles. The molecular formula is C15H19ClN2O2. The summed E-state index contributed by atoms with van der Waals surface area (Å²) in [6.45, 7) is 6.05. The Morgan fingerprint density at radius 2 is 2.15 bits per heavy atom. The maximum absolute atomic E-state index is 6.20. The van der Waals surface area contributed by atoms with Crippen molar-refractivity contribution in [3.05, 3.63) is 30.1 Å². The highest BCUT2D eigenvalue weighted by Gasteiger charge is 2.16. The molecule has 0 spiro atoms. The molecule has 108 valence electrons. The second-order valence-corrected chi connectivity index (χ2v) is 5.44. The van der Waals surface area contributed by atoms with E-state index in [1.54, 1.807) is 0 Å². The molecule has 1 aromatic heterocycles. The molecule has 0 saturated heterocycles. The van der Waals surface area contributed by atoms with Crippen molar-refractivity contribution in [1.29, 1.82) is 0 Å². The summed E-state index contributed by atoms with van der Waals surface area (Å²) in [5.41, 5.74) is 0.835. The Hall–Kier alpha value is -1.55. The van der Waals surface area contributed by atoms with E-state index in [1.165, 1.54) is 0 Å². The molecular weight excluding hydrogens is 276 g/mol. The van der Waals surface area contributed by atoms with Crippen molar-refractivity contribution in [1.82, 2.24) is 10.1 Å². The van der Waals surface area contributed by atoms with Crippen LogP contribution in [-0.4, -0.2) is 16.2 Å². The van der Waals surface area contributed by atoms with E-state index in [-0.39, 0.29) is 11.5 Å². The third kappa shape index (κ3) is 3.73. The van der Waals surface area contributed by atoms with Gasteiger partial charge >= 0.3 is 0 Å². The lowest BCUT2D eigenvalue weighted by Gasteiger charge is -2.09. The number of rotatable bonds is 6. The van der Waals surface area contributed by atoms with Crippen molar-refractivity contribution in [2.45, 2.75) is 45.1 Å². The van der Waals surface area contributed by atoms with E-state index in [4.69, 9.17) is 20.9 Å². The summed E-state index contributed by atoms with van der Waals surface area (Å²) in [6.07, 6.45) is 1.94. The molecule has 1 aromatic carbocycles. The molecule has 0 saturated carbocycles. The SMILES string of the molecule is CCCC(Cl)c1noc(-c2cccc(OC(C)C)c2)n1. The standard InChI is InChI=1S/C15H19ClN2O2/c1-4-6-13(16)14-17-15(20-18-14)11-7-5-8-12(9-11)19-10(2)3/h5,7-10,13H,4,6H2,1-3H3. The van der Waals surface area contributed by atoms with Gasteiger partial charge in [0.25, 0.3) is 5.89 Å². The van der Waals surface area contributed by atoms with Gasteiger partial charge in [-0.25, -0.2) is 0 Å². The molecule has 0 radical (unpaired) electrons. The van der Waals surface area contributed by atoms with Gasteiger partial charge in [0.05, 0.1) is 11.5 Å². The summed E-state index contributed by atoms with van der Waals surface area (Å²) < 4.78 is 10.9. The first kappa shape index (κ1) is 14.9. The van der Waals surface area contributed by atoms with E-state index in [1.807, 2.05) is 38.1 Å². The minimum absolute atomic E-state index is 0.125. The van der Waals surface area contributed by atoms with Crippen LogP contribution >= 0.6 is 11.6 Å². The van der Waals surface area contributed by atoms with Crippen LogP contribution in [-0.2, 0) is 0 Å². The molecule has 2 rings (SSSR count). The van der Waals surface area contributed by atoms with Gasteiger partial charge in [0, 0.05) is 5.56 Å². The Labute approximate surface area is 124 Å². The van der Waals surface area contributed by atoms with E-state index in [2.05, 4.69) is 17.1 Å². The van der Waals surface area contributed by atoms with Gasteiger partial charge in [-0.2, -0.15) is 4.98 Å². The normalized spacial score (nSPS) is 12.7. The van der Waals surface area contributed by atoms with Crippen molar-refractivity contribution in [3.8, 4) is 17.2 Å². The maximum atomic E-state index is 6.20. The second kappa shape index (κ2) is 6.75. The average molecular weight is 295 g/mol. The molecule has 0 aliphatic rings. The van der Waals surface area contributed by atoms with Gasteiger partial charge in [-0.15, -0.1) is 11.6 Å². The third-order valence-electron chi connectivity index (χ3n) is 2.72. The average Bonchev–Trinajstić information content (AvgIpc) is 2.88. The molecule has 0 aliphatic carbocycles. The van der Waals surface area contributed by atoms with Gasteiger partial charge in [-0.05, 0) is 38.5 Å². The number of halogens is 1. The zero-order chi connectivity index (χ0) is 14.5. The first-order chi connectivity index (χ1) is 9.60. The van der Waals surface area contributed by atoms with E-state index < -0.39 is 0 Å². The predicted octanol–water partition coefficient (Wildman–Crippen LogP) is 4.60. The minimum Gasteiger partial charge on any atom is -0.491 e. The number of hydrogen-bond acceptors (Lipinski definition) is 4. The van der Waals surface area contributed by atoms with Crippen LogP contribution in [0.5, 0.6) is 5.75 Å². The van der Waals surface area contributed by atoms with Crippen molar-refractivity contribution in [2.75, 3.05) is 0 Å². The lowest BCUT2D eigenvalue weighted by atomic mass is 10.2. The fraction of sp³-hybridized carbons (Fsp3) is 0.467. The molecule has 1 unspecified atom stereocenters. The maximum Gasteiger partial charge on any atom is 0.258 e. The van der Waals surface area contributed by atoms with Crippen molar-refractivity contribution >= 4 is 11.6 Å². The highest BCUT2D eigenvalue weighted by Crippen LogP contribution is 2.27. The summed E-state index contributed by atoms with van der Waals surface area (Å²) in [5, 5.41) is 3.74. The fourth-order valence-electron chi connectivity index (χ4n) is 1.84. The van der Waals surface area contributed by atoms with Crippen LogP contribution in [0.1, 0.15) is 44.8 Å². The van der Waals surface area contributed by atoms with Crippen LogP contribution in [0, 0.1) is 0 Å². The van der Waals surface area contributed by atoms with E-state index in [9.17, 15) is 0 Å². The van der Waals surface area contributed by atoms with E-state index in [0.29, 0.717) is 11.7 Å². The molecule has 0 bridgehead atoms. The van der Waals surface area contributed by atoms with Gasteiger partial charge < -0.3 is 9.26 Å². The van der Waals surface area contributed by atoms with Gasteiger partial charge in [0.1, 0.15) is 5.75 Å². The zero-order valence-corrected chi connectivity index (χ0v) is 12.7. The third-order valence-corrected chi connectivity index (χ3v) is 3.13. The Bertz CT molecular complexity index is 554. The smallest absolute Gasteiger partial charge is 0.258 e. The fourth-order valence-corrected chi connectivity index (χ4v) is 2.14. The Morgan fingerprint density at radius 1 is 1.35 bits per heavy atom. The predicted molar refractivity (Wildman–Crippen MR) is 79.0 cm³/mol. The molecule has 0 N–H and O–H groups in total. The summed E-state index contributed by atoms with van der Waals surface area (Å²) in [6, 6.07) is 7.61.